The average Bonchev–Trinajstić information content (AvgIpc) is 3.05. The van der Waals surface area contributed by atoms with Crippen LogP contribution in [0, 0.1) is 5.92 Å². The van der Waals surface area contributed by atoms with Gasteiger partial charge in [-0.25, -0.2) is 0 Å². The molecule has 0 saturated carbocycles. The minimum atomic E-state index is 0.0402. The molecular weight excluding hydrogens is 314 g/mol. The minimum Gasteiger partial charge on any atom is -0.360 e. The molecule has 1 atom stereocenters. The molecule has 4 rings (SSSR count). The molecule has 0 spiro atoms. The van der Waals surface area contributed by atoms with Gasteiger partial charge in [-0.15, -0.1) is 0 Å². The summed E-state index contributed by atoms with van der Waals surface area (Å²) in [6, 6.07) is 10.5. The van der Waals surface area contributed by atoms with Crippen molar-refractivity contribution < 1.29 is 9.32 Å². The molecule has 1 aromatic carbocycles. The number of benzene rings is 1. The van der Waals surface area contributed by atoms with Crippen LogP contribution in [-0.4, -0.2) is 47.0 Å². The van der Waals surface area contributed by atoms with Crippen LogP contribution < -0.4 is 0 Å². The van der Waals surface area contributed by atoms with E-state index in [4.69, 9.17) is 4.52 Å². The standard InChI is InChI=1S/C20H25N3O2/c1-15-7-8-18-17(13-15)19(21-25-18)20(24)23-11-9-22(10-12-23)14-16-5-3-2-4-6-16/h2-6,15H,7-14H2,1H3. The Kier molecular flexibility index (Phi) is 4.57. The van der Waals surface area contributed by atoms with Crippen molar-refractivity contribution in [2.45, 2.75) is 32.7 Å². The molecule has 2 heterocycles. The molecule has 0 radical (unpaired) electrons. The van der Waals surface area contributed by atoms with Crippen LogP contribution in [-0.2, 0) is 19.4 Å². The van der Waals surface area contributed by atoms with Gasteiger partial charge in [0.15, 0.2) is 5.69 Å². The van der Waals surface area contributed by atoms with Crippen molar-refractivity contribution in [3.05, 3.63) is 52.9 Å². The van der Waals surface area contributed by atoms with E-state index in [1.54, 1.807) is 0 Å². The smallest absolute Gasteiger partial charge is 0.276 e. The molecule has 1 saturated heterocycles. The summed E-state index contributed by atoms with van der Waals surface area (Å²) in [6.07, 6.45) is 2.93. The van der Waals surface area contributed by atoms with E-state index in [2.05, 4.69) is 41.2 Å². The van der Waals surface area contributed by atoms with Crippen molar-refractivity contribution in [3.8, 4) is 0 Å². The van der Waals surface area contributed by atoms with Crippen molar-refractivity contribution in [3.63, 3.8) is 0 Å². The Morgan fingerprint density at radius 3 is 2.72 bits per heavy atom. The average molecular weight is 339 g/mol. The van der Waals surface area contributed by atoms with E-state index in [1.165, 1.54) is 5.56 Å². The molecule has 0 N–H and O–H groups in total. The van der Waals surface area contributed by atoms with Gasteiger partial charge in [-0.05, 0) is 24.3 Å². The Balaban J connectivity index is 1.38. The zero-order chi connectivity index (χ0) is 17.2. The van der Waals surface area contributed by atoms with Crippen LogP contribution in [0.25, 0.3) is 0 Å². The summed E-state index contributed by atoms with van der Waals surface area (Å²) in [5.41, 5.74) is 2.93. The van der Waals surface area contributed by atoms with E-state index in [1.807, 2.05) is 11.0 Å². The third-order valence-corrected chi connectivity index (χ3v) is 5.40. The zero-order valence-corrected chi connectivity index (χ0v) is 14.8. The number of carbonyl (C=O) groups is 1. The summed E-state index contributed by atoms with van der Waals surface area (Å²) in [7, 11) is 0. The summed E-state index contributed by atoms with van der Waals surface area (Å²) in [4.78, 5) is 17.2. The van der Waals surface area contributed by atoms with E-state index in [0.717, 1.165) is 63.3 Å². The number of carbonyl (C=O) groups excluding carboxylic acids is 1. The maximum absolute atomic E-state index is 12.9. The summed E-state index contributed by atoms with van der Waals surface area (Å²) < 4.78 is 5.44. The molecule has 25 heavy (non-hydrogen) atoms. The fourth-order valence-electron chi connectivity index (χ4n) is 3.85. The SMILES string of the molecule is CC1CCc2onc(C(=O)N3CCN(Cc4ccccc4)CC3)c2C1. The normalized spacial score (nSPS) is 21.2. The van der Waals surface area contributed by atoms with Crippen molar-refractivity contribution in [2.24, 2.45) is 5.92 Å². The Morgan fingerprint density at radius 1 is 1.20 bits per heavy atom. The number of amides is 1. The first-order chi connectivity index (χ1) is 12.2. The van der Waals surface area contributed by atoms with Gasteiger partial charge in [0.1, 0.15) is 5.76 Å². The number of nitrogens with zero attached hydrogens (tertiary/aromatic N) is 3. The Labute approximate surface area is 148 Å². The molecule has 2 aliphatic rings. The molecule has 1 unspecified atom stereocenters. The van der Waals surface area contributed by atoms with Crippen LogP contribution in [0.4, 0.5) is 0 Å². The Bertz CT molecular complexity index is 733. The molecule has 1 fully saturated rings. The second-order valence-corrected chi connectivity index (χ2v) is 7.33. The van der Waals surface area contributed by atoms with Crippen LogP contribution in [0.5, 0.6) is 0 Å². The largest absolute Gasteiger partial charge is 0.360 e. The van der Waals surface area contributed by atoms with Gasteiger partial charge >= 0.3 is 0 Å². The van der Waals surface area contributed by atoms with Crippen LogP contribution >= 0.6 is 0 Å². The predicted octanol–water partition coefficient (Wildman–Crippen LogP) is 2.76. The molecule has 132 valence electrons. The number of hydrogen-bond donors (Lipinski definition) is 0. The number of piperazine rings is 1. The molecule has 2 aromatic rings. The van der Waals surface area contributed by atoms with Crippen molar-refractivity contribution in [1.82, 2.24) is 15.0 Å². The molecule has 1 aliphatic heterocycles. The highest BCUT2D eigenvalue weighted by Crippen LogP contribution is 2.28. The topological polar surface area (TPSA) is 49.6 Å². The Morgan fingerprint density at radius 2 is 1.96 bits per heavy atom. The number of fused-ring (bicyclic) bond motifs is 1. The van der Waals surface area contributed by atoms with E-state index >= 15 is 0 Å². The van der Waals surface area contributed by atoms with Crippen molar-refractivity contribution >= 4 is 5.91 Å². The van der Waals surface area contributed by atoms with Gasteiger partial charge in [0, 0.05) is 44.7 Å². The number of hydrogen-bond acceptors (Lipinski definition) is 4. The first-order valence-corrected chi connectivity index (χ1v) is 9.23. The highest BCUT2D eigenvalue weighted by molar-refractivity contribution is 5.94. The second kappa shape index (κ2) is 7.00. The first kappa shape index (κ1) is 16.3. The molecule has 5 nitrogen and oxygen atoms in total. The molecule has 1 aliphatic carbocycles. The highest BCUT2D eigenvalue weighted by atomic mass is 16.5. The molecular formula is C20H25N3O2. The van der Waals surface area contributed by atoms with E-state index in [9.17, 15) is 4.79 Å². The maximum atomic E-state index is 12.9. The third-order valence-electron chi connectivity index (χ3n) is 5.40. The lowest BCUT2D eigenvalue weighted by atomic mass is 9.88. The lowest BCUT2D eigenvalue weighted by Gasteiger charge is -2.34. The van der Waals surface area contributed by atoms with Gasteiger partial charge in [0.25, 0.3) is 5.91 Å². The molecule has 1 aromatic heterocycles. The lowest BCUT2D eigenvalue weighted by molar-refractivity contribution is 0.0617. The van der Waals surface area contributed by atoms with Gasteiger partial charge in [0.05, 0.1) is 0 Å². The van der Waals surface area contributed by atoms with Crippen LogP contribution in [0.3, 0.4) is 0 Å². The number of aromatic nitrogens is 1. The summed E-state index contributed by atoms with van der Waals surface area (Å²) >= 11 is 0. The lowest BCUT2D eigenvalue weighted by Crippen LogP contribution is -2.48. The molecule has 0 bridgehead atoms. The van der Waals surface area contributed by atoms with Crippen LogP contribution in [0.15, 0.2) is 34.9 Å². The van der Waals surface area contributed by atoms with Gasteiger partial charge < -0.3 is 9.42 Å². The van der Waals surface area contributed by atoms with Crippen LogP contribution in [0.2, 0.25) is 0 Å². The maximum Gasteiger partial charge on any atom is 0.276 e. The number of rotatable bonds is 3. The van der Waals surface area contributed by atoms with Crippen molar-refractivity contribution in [1.29, 1.82) is 0 Å². The first-order valence-electron chi connectivity index (χ1n) is 9.23. The van der Waals surface area contributed by atoms with E-state index in [-0.39, 0.29) is 5.91 Å². The fraction of sp³-hybridized carbons (Fsp3) is 0.500. The minimum absolute atomic E-state index is 0.0402. The zero-order valence-electron chi connectivity index (χ0n) is 14.8. The predicted molar refractivity (Wildman–Crippen MR) is 95.3 cm³/mol. The highest BCUT2D eigenvalue weighted by Gasteiger charge is 2.30. The summed E-state index contributed by atoms with van der Waals surface area (Å²) in [5, 5.41) is 4.11. The summed E-state index contributed by atoms with van der Waals surface area (Å²) in [5.74, 6) is 1.56. The Hall–Kier alpha value is -2.14. The third kappa shape index (κ3) is 3.47. The fourth-order valence-corrected chi connectivity index (χ4v) is 3.85. The van der Waals surface area contributed by atoms with Crippen molar-refractivity contribution in [2.75, 3.05) is 26.2 Å². The second-order valence-electron chi connectivity index (χ2n) is 7.33. The van der Waals surface area contributed by atoms with E-state index in [0.29, 0.717) is 11.6 Å². The van der Waals surface area contributed by atoms with Gasteiger partial charge in [-0.3, -0.25) is 9.69 Å². The quantitative estimate of drug-likeness (QED) is 0.863. The van der Waals surface area contributed by atoms with Crippen LogP contribution in [0.1, 0.15) is 40.7 Å². The summed E-state index contributed by atoms with van der Waals surface area (Å²) in [6.45, 7) is 6.48. The molecule has 1 amide bonds. The number of aryl methyl sites for hydroxylation is 1. The van der Waals surface area contributed by atoms with Gasteiger partial charge in [0.2, 0.25) is 0 Å². The monoisotopic (exact) mass is 339 g/mol. The van der Waals surface area contributed by atoms with Gasteiger partial charge in [-0.2, -0.15) is 0 Å². The van der Waals surface area contributed by atoms with E-state index < -0.39 is 0 Å². The molecule has 5 heteroatoms. The van der Waals surface area contributed by atoms with Gasteiger partial charge in [-0.1, -0.05) is 42.4 Å².